The number of hydrogen-bond acceptors (Lipinski definition) is 12. The van der Waals surface area contributed by atoms with E-state index in [2.05, 4.69) is 47.8 Å². The van der Waals surface area contributed by atoms with Crippen molar-refractivity contribution in [2.45, 2.75) is 69.2 Å². The second kappa shape index (κ2) is 15.6. The molecule has 0 radical (unpaired) electrons. The molecule has 2 aromatic carbocycles. The maximum absolute atomic E-state index is 15.2. The number of aromatic nitrogens is 5. The summed E-state index contributed by atoms with van der Waals surface area (Å²) in [4.78, 5) is 54.6. The summed E-state index contributed by atoms with van der Waals surface area (Å²) in [6.07, 6.45) is 8.16. The van der Waals surface area contributed by atoms with Gasteiger partial charge in [-0.3, -0.25) is 24.4 Å². The first kappa shape index (κ1) is 41.2. The number of hydrogen-bond donors (Lipinski definition) is 3. The molecule has 0 bridgehead atoms. The Morgan fingerprint density at radius 2 is 1.73 bits per heavy atom. The number of ether oxygens (including phenoxy) is 1. The number of para-hydroxylation sites is 1. The molecule has 2 unspecified atom stereocenters. The van der Waals surface area contributed by atoms with Gasteiger partial charge in [-0.2, -0.15) is 10.1 Å². The number of anilines is 5. The SMILES string of the molecule is Cn1nc(C2CCC(=O)NC2=O)c2cccc(N3CCC(CN4CC5(CCN(c6ncc(Cl)c(Nc7ccc8c(c7)c7c(c(=O)n8C)OCC(F)(F)C(C8CC8)N7)n6)CC5)C4)CC3)c21. The van der Waals surface area contributed by atoms with Crippen molar-refractivity contribution < 1.29 is 23.1 Å². The van der Waals surface area contributed by atoms with E-state index in [9.17, 15) is 14.4 Å². The van der Waals surface area contributed by atoms with E-state index in [1.54, 1.807) is 19.3 Å². The molecule has 336 valence electrons. The molecule has 6 aliphatic rings. The summed E-state index contributed by atoms with van der Waals surface area (Å²) >= 11 is 6.66. The summed E-state index contributed by atoms with van der Waals surface area (Å²) in [5.41, 5.74) is 4.26. The van der Waals surface area contributed by atoms with Crippen LogP contribution in [-0.4, -0.2) is 105 Å². The first-order valence-electron chi connectivity index (χ1n) is 22.6. The number of amides is 2. The highest BCUT2D eigenvalue weighted by molar-refractivity contribution is 6.33. The van der Waals surface area contributed by atoms with Crippen LogP contribution in [0.3, 0.4) is 0 Å². The number of alkyl halides is 2. The minimum absolute atomic E-state index is 0.100. The average molecular weight is 896 g/mol. The first-order chi connectivity index (χ1) is 30.8. The summed E-state index contributed by atoms with van der Waals surface area (Å²) < 4.78 is 39.2. The molecule has 2 amide bonds. The zero-order valence-electron chi connectivity index (χ0n) is 36.0. The first-order valence-corrected chi connectivity index (χ1v) is 23.0. The molecule has 8 heterocycles. The zero-order chi connectivity index (χ0) is 44.1. The van der Waals surface area contributed by atoms with Crippen LogP contribution in [-0.2, 0) is 23.7 Å². The Labute approximate surface area is 373 Å². The zero-order valence-corrected chi connectivity index (χ0v) is 36.8. The van der Waals surface area contributed by atoms with Gasteiger partial charge in [0.15, 0.2) is 12.4 Å². The van der Waals surface area contributed by atoms with E-state index in [0.717, 1.165) is 93.8 Å². The van der Waals surface area contributed by atoms with Gasteiger partial charge >= 0.3 is 5.92 Å². The van der Waals surface area contributed by atoms with E-state index in [-0.39, 0.29) is 29.2 Å². The molecule has 5 aliphatic heterocycles. The fourth-order valence-electron chi connectivity index (χ4n) is 11.1. The fraction of sp³-hybridized carbons (Fsp3) is 0.522. The summed E-state index contributed by atoms with van der Waals surface area (Å²) in [7, 11) is 3.55. The highest BCUT2D eigenvalue weighted by Gasteiger charge is 2.51. The third-order valence-electron chi connectivity index (χ3n) is 14.7. The Morgan fingerprint density at radius 1 is 0.953 bits per heavy atom. The van der Waals surface area contributed by atoms with Crippen molar-refractivity contribution in [2.75, 3.05) is 72.9 Å². The van der Waals surface area contributed by atoms with E-state index in [1.807, 2.05) is 29.9 Å². The monoisotopic (exact) mass is 895 g/mol. The van der Waals surface area contributed by atoms with E-state index in [0.29, 0.717) is 70.4 Å². The van der Waals surface area contributed by atoms with Gasteiger partial charge in [-0.15, -0.1) is 0 Å². The van der Waals surface area contributed by atoms with Crippen LogP contribution in [0.15, 0.2) is 47.4 Å². The van der Waals surface area contributed by atoms with Crippen molar-refractivity contribution in [1.82, 2.24) is 34.5 Å². The molecule has 11 rings (SSSR count). The predicted molar refractivity (Wildman–Crippen MR) is 241 cm³/mol. The molecule has 64 heavy (non-hydrogen) atoms. The maximum Gasteiger partial charge on any atom is 0.301 e. The average Bonchev–Trinajstić information content (AvgIpc) is 4.08. The molecule has 3 N–H and O–H groups in total. The predicted octanol–water partition coefficient (Wildman–Crippen LogP) is 6.17. The number of nitrogens with zero attached hydrogens (tertiary/aromatic N) is 8. The summed E-state index contributed by atoms with van der Waals surface area (Å²) in [5.74, 6) is -2.65. The van der Waals surface area contributed by atoms with Gasteiger partial charge in [-0.05, 0) is 86.5 Å². The van der Waals surface area contributed by atoms with Crippen LogP contribution in [0.5, 0.6) is 5.75 Å². The van der Waals surface area contributed by atoms with Crippen molar-refractivity contribution in [1.29, 1.82) is 0 Å². The van der Waals surface area contributed by atoms with Crippen LogP contribution in [0.25, 0.3) is 21.8 Å². The Kier molecular flexibility index (Phi) is 10.0. The Morgan fingerprint density at radius 3 is 2.48 bits per heavy atom. The third kappa shape index (κ3) is 7.28. The minimum Gasteiger partial charge on any atom is -0.480 e. The Hall–Kier alpha value is -5.55. The number of carbonyl (C=O) groups excluding carboxylic acids is 2. The van der Waals surface area contributed by atoms with Crippen LogP contribution in [0.4, 0.5) is 37.6 Å². The second-order valence-electron chi connectivity index (χ2n) is 19.1. The smallest absolute Gasteiger partial charge is 0.301 e. The largest absolute Gasteiger partial charge is 0.480 e. The van der Waals surface area contributed by atoms with E-state index in [4.69, 9.17) is 26.4 Å². The molecular weight excluding hydrogens is 844 g/mol. The van der Waals surface area contributed by atoms with Gasteiger partial charge in [0.05, 0.1) is 46.3 Å². The number of nitrogens with one attached hydrogen (secondary N) is 3. The molecule has 1 spiro atoms. The number of carbonyl (C=O) groups is 2. The number of halogens is 3. The molecule has 5 fully saturated rings. The lowest BCUT2D eigenvalue weighted by Gasteiger charge is -2.55. The minimum atomic E-state index is -3.13. The van der Waals surface area contributed by atoms with Gasteiger partial charge in [-0.1, -0.05) is 23.7 Å². The highest BCUT2D eigenvalue weighted by Crippen LogP contribution is 2.47. The summed E-state index contributed by atoms with van der Waals surface area (Å²) in [6, 6.07) is 10.6. The van der Waals surface area contributed by atoms with Gasteiger partial charge in [-0.25, -0.2) is 13.8 Å². The number of aryl methyl sites for hydroxylation is 2. The van der Waals surface area contributed by atoms with Crippen LogP contribution in [0.2, 0.25) is 5.02 Å². The molecule has 4 saturated heterocycles. The number of rotatable bonds is 8. The van der Waals surface area contributed by atoms with E-state index in [1.165, 1.54) is 4.57 Å². The topological polar surface area (TPSA) is 155 Å². The van der Waals surface area contributed by atoms with Gasteiger partial charge in [0.1, 0.15) is 5.02 Å². The van der Waals surface area contributed by atoms with Crippen molar-refractivity contribution in [3.05, 3.63) is 63.7 Å². The van der Waals surface area contributed by atoms with Crippen LogP contribution in [0.1, 0.15) is 63.0 Å². The van der Waals surface area contributed by atoms with Crippen LogP contribution in [0, 0.1) is 17.3 Å². The van der Waals surface area contributed by atoms with Gasteiger partial charge in [0, 0.05) is 82.8 Å². The molecule has 1 aliphatic carbocycles. The number of fused-ring (bicyclic) bond motifs is 4. The van der Waals surface area contributed by atoms with E-state index < -0.39 is 30.0 Å². The lowest BCUT2D eigenvalue weighted by molar-refractivity contribution is -0.134. The number of piperidine rings is 3. The number of pyridine rings is 1. The lowest BCUT2D eigenvalue weighted by atomic mass is 9.71. The van der Waals surface area contributed by atoms with Crippen molar-refractivity contribution in [3.8, 4) is 5.75 Å². The van der Waals surface area contributed by atoms with Crippen LogP contribution >= 0.6 is 11.6 Å². The normalized spacial score (nSPS) is 23.6. The third-order valence-corrected chi connectivity index (χ3v) is 15.0. The quantitative estimate of drug-likeness (QED) is 0.153. The number of likely N-dealkylation sites (tertiary alicyclic amines) is 1. The second-order valence-corrected chi connectivity index (χ2v) is 19.5. The fourth-order valence-corrected chi connectivity index (χ4v) is 11.2. The highest BCUT2D eigenvalue weighted by atomic mass is 35.5. The van der Waals surface area contributed by atoms with Gasteiger partial charge in [0.2, 0.25) is 23.5 Å². The number of imide groups is 1. The molecular formula is C46H52ClF2N11O4. The molecule has 3 aromatic heterocycles. The molecule has 1 saturated carbocycles. The van der Waals surface area contributed by atoms with Gasteiger partial charge in [0.25, 0.3) is 5.56 Å². The maximum atomic E-state index is 15.2. The lowest BCUT2D eigenvalue weighted by Crippen LogP contribution is -2.61. The molecule has 5 aromatic rings. The molecule has 2 atom stereocenters. The summed E-state index contributed by atoms with van der Waals surface area (Å²) in [5, 5.41) is 15.6. The Bertz CT molecular complexity index is 2750. The number of benzene rings is 2. The van der Waals surface area contributed by atoms with Gasteiger partial charge < -0.3 is 34.6 Å². The summed E-state index contributed by atoms with van der Waals surface area (Å²) in [6.45, 7) is 6.06. The van der Waals surface area contributed by atoms with Crippen LogP contribution < -0.4 is 36.0 Å². The van der Waals surface area contributed by atoms with Crippen molar-refractivity contribution in [3.63, 3.8) is 0 Å². The molecule has 18 heteroatoms. The Balaban J connectivity index is 0.704. The van der Waals surface area contributed by atoms with Crippen molar-refractivity contribution in [2.24, 2.45) is 31.3 Å². The standard InChI is InChI=1S/C46H52ClF2N11O4/c1-56-33-10-8-28(20-31(33)37-39(43(56)63)64-25-46(48,49)40(53-37)27-6-7-27)51-41-32(47)21-50-44(54-41)60-18-14-45(15-19-60)23-58(24-45)22-26-12-16-59(17-13-26)34-5-3-4-29-36(55-57(2)38(29)34)30-9-11-35(61)52-42(30)62/h3-5,8,10,20-21,26-27,30,40,53H,6-7,9,11-19,22-25H2,1-2H3,(H,50,51,54)(H,52,61,62). The molecule has 15 nitrogen and oxygen atoms in total. The van der Waals surface area contributed by atoms with E-state index >= 15 is 8.78 Å². The van der Waals surface area contributed by atoms with Crippen molar-refractivity contribution >= 4 is 74.0 Å².